The van der Waals surface area contributed by atoms with Crippen LogP contribution in [0.15, 0.2) is 57.6 Å². The van der Waals surface area contributed by atoms with Crippen molar-refractivity contribution in [1.82, 2.24) is 10.3 Å². The topological polar surface area (TPSA) is 89.0 Å². The number of aromatic nitrogens is 2. The van der Waals surface area contributed by atoms with E-state index in [4.69, 9.17) is 28.0 Å². The summed E-state index contributed by atoms with van der Waals surface area (Å²) in [7, 11) is 0. The highest BCUT2D eigenvalue weighted by Gasteiger charge is 2.12. The van der Waals surface area contributed by atoms with Gasteiger partial charge in [0.2, 0.25) is 0 Å². The first kappa shape index (κ1) is 29.4. The molecule has 8 nitrogen and oxygen atoms in total. The summed E-state index contributed by atoms with van der Waals surface area (Å²) in [6.45, 7) is 11.4. The van der Waals surface area contributed by atoms with Crippen LogP contribution in [0.5, 0.6) is 11.5 Å². The lowest BCUT2D eigenvalue weighted by Crippen LogP contribution is -2.09. The van der Waals surface area contributed by atoms with Crippen LogP contribution in [-0.4, -0.2) is 43.3 Å². The Bertz CT molecular complexity index is 1330. The molecule has 0 fully saturated rings. The average Bonchev–Trinajstić information content (AvgIpc) is 3.56. The standard InChI is InChI=1S/C32H40N2O6/c1-23-9-12-32(38-17-16-35-14-7-8-27-19-25(3)39-33-27)31(18-23)30-21-29(11-10-24(30)2)37-15-6-5-13-36-22-28-20-26(4)40-34-28/h9-12,18-21H,5-8,13-17,22H2,1-4H3. The van der Waals surface area contributed by atoms with E-state index in [-0.39, 0.29) is 0 Å². The van der Waals surface area contributed by atoms with Gasteiger partial charge in [-0.05, 0) is 88.8 Å². The van der Waals surface area contributed by atoms with Gasteiger partial charge in [-0.3, -0.25) is 0 Å². The van der Waals surface area contributed by atoms with Crippen LogP contribution in [0.1, 0.15) is 53.3 Å². The normalized spacial score (nSPS) is 11.2. The molecule has 214 valence electrons. The molecular formula is C32H40N2O6. The highest BCUT2D eigenvalue weighted by molar-refractivity contribution is 5.75. The van der Waals surface area contributed by atoms with Crippen LogP contribution in [0.2, 0.25) is 0 Å². The second-order valence-corrected chi connectivity index (χ2v) is 10.0. The van der Waals surface area contributed by atoms with Crippen LogP contribution >= 0.6 is 0 Å². The fourth-order valence-corrected chi connectivity index (χ4v) is 4.32. The van der Waals surface area contributed by atoms with E-state index in [1.54, 1.807) is 0 Å². The van der Waals surface area contributed by atoms with Crippen LogP contribution < -0.4 is 9.47 Å². The molecule has 8 heteroatoms. The van der Waals surface area contributed by atoms with Gasteiger partial charge in [-0.15, -0.1) is 0 Å². The summed E-state index contributed by atoms with van der Waals surface area (Å²) < 4.78 is 33.9. The molecule has 0 spiro atoms. The molecular weight excluding hydrogens is 508 g/mol. The minimum Gasteiger partial charge on any atom is -0.494 e. The number of hydrogen-bond acceptors (Lipinski definition) is 8. The monoisotopic (exact) mass is 548 g/mol. The van der Waals surface area contributed by atoms with E-state index < -0.39 is 0 Å². The van der Waals surface area contributed by atoms with Gasteiger partial charge < -0.3 is 28.0 Å². The number of nitrogens with zero attached hydrogens (tertiary/aromatic N) is 2. The van der Waals surface area contributed by atoms with E-state index in [0.717, 1.165) is 71.2 Å². The summed E-state index contributed by atoms with van der Waals surface area (Å²) in [5.74, 6) is 3.32. The summed E-state index contributed by atoms with van der Waals surface area (Å²) >= 11 is 0. The van der Waals surface area contributed by atoms with Crippen molar-refractivity contribution in [2.75, 3.05) is 33.0 Å². The number of ether oxygens (including phenoxy) is 4. The van der Waals surface area contributed by atoms with Gasteiger partial charge in [-0.1, -0.05) is 28.0 Å². The van der Waals surface area contributed by atoms with Gasteiger partial charge in [0, 0.05) is 30.9 Å². The Morgan fingerprint density at radius 2 is 1.38 bits per heavy atom. The van der Waals surface area contributed by atoms with Gasteiger partial charge in [0.25, 0.3) is 0 Å². The fraction of sp³-hybridized carbons (Fsp3) is 0.438. The number of unbranched alkanes of at least 4 members (excludes halogenated alkanes) is 1. The average molecular weight is 549 g/mol. The molecule has 0 aliphatic rings. The molecule has 0 N–H and O–H groups in total. The van der Waals surface area contributed by atoms with Gasteiger partial charge in [-0.2, -0.15) is 0 Å². The Morgan fingerprint density at radius 3 is 2.15 bits per heavy atom. The van der Waals surface area contributed by atoms with Gasteiger partial charge in [0.1, 0.15) is 35.3 Å². The predicted octanol–water partition coefficient (Wildman–Crippen LogP) is 6.97. The van der Waals surface area contributed by atoms with Gasteiger partial charge in [0.05, 0.1) is 25.5 Å². The molecule has 0 unspecified atom stereocenters. The molecule has 40 heavy (non-hydrogen) atoms. The van der Waals surface area contributed by atoms with Crippen molar-refractivity contribution >= 4 is 0 Å². The molecule has 4 aromatic rings. The lowest BCUT2D eigenvalue weighted by Gasteiger charge is -2.16. The zero-order valence-electron chi connectivity index (χ0n) is 24.0. The van der Waals surface area contributed by atoms with Crippen LogP contribution in [-0.2, 0) is 22.5 Å². The highest BCUT2D eigenvalue weighted by atomic mass is 16.5. The van der Waals surface area contributed by atoms with Crippen LogP contribution in [0.4, 0.5) is 0 Å². The molecule has 2 aromatic carbocycles. The van der Waals surface area contributed by atoms with Crippen molar-refractivity contribution in [2.45, 2.75) is 60.0 Å². The maximum absolute atomic E-state index is 6.16. The maximum Gasteiger partial charge on any atom is 0.134 e. The summed E-state index contributed by atoms with van der Waals surface area (Å²) in [6.07, 6.45) is 3.55. The molecule has 0 bridgehead atoms. The Hall–Kier alpha value is -3.62. The highest BCUT2D eigenvalue weighted by Crippen LogP contribution is 2.35. The van der Waals surface area contributed by atoms with Crippen molar-refractivity contribution in [3.63, 3.8) is 0 Å². The molecule has 0 saturated carbocycles. The molecule has 0 radical (unpaired) electrons. The van der Waals surface area contributed by atoms with Crippen molar-refractivity contribution in [3.8, 4) is 22.6 Å². The first-order chi connectivity index (χ1) is 19.5. The zero-order chi connectivity index (χ0) is 28.2. The second kappa shape index (κ2) is 15.2. The Kier molecular flexibility index (Phi) is 11.2. The third-order valence-corrected chi connectivity index (χ3v) is 6.40. The maximum atomic E-state index is 6.16. The van der Waals surface area contributed by atoms with Crippen LogP contribution in [0, 0.1) is 27.7 Å². The van der Waals surface area contributed by atoms with Crippen LogP contribution in [0.25, 0.3) is 11.1 Å². The van der Waals surface area contributed by atoms with Gasteiger partial charge in [-0.25, -0.2) is 0 Å². The zero-order valence-corrected chi connectivity index (χ0v) is 24.0. The van der Waals surface area contributed by atoms with E-state index in [1.807, 2.05) is 38.1 Å². The molecule has 0 amide bonds. The van der Waals surface area contributed by atoms with Gasteiger partial charge in [0.15, 0.2) is 0 Å². The first-order valence-corrected chi connectivity index (χ1v) is 13.9. The third-order valence-electron chi connectivity index (χ3n) is 6.40. The SMILES string of the molecule is Cc1ccc(OCCOCCCc2cc(C)on2)c(-c2cc(OCCCCOCc3cc(C)on3)ccc2C)c1. The predicted molar refractivity (Wildman–Crippen MR) is 153 cm³/mol. The van der Waals surface area contributed by atoms with Crippen molar-refractivity contribution in [1.29, 1.82) is 0 Å². The Morgan fingerprint density at radius 1 is 0.625 bits per heavy atom. The van der Waals surface area contributed by atoms with Crippen molar-refractivity contribution in [3.05, 3.63) is 82.6 Å². The number of hydrogen-bond donors (Lipinski definition) is 0. The van der Waals surface area contributed by atoms with E-state index in [9.17, 15) is 0 Å². The molecule has 0 atom stereocenters. The minimum atomic E-state index is 0.468. The first-order valence-electron chi connectivity index (χ1n) is 13.9. The summed E-state index contributed by atoms with van der Waals surface area (Å²) in [4.78, 5) is 0. The Labute approximate surface area is 236 Å². The minimum absolute atomic E-state index is 0.468. The van der Waals surface area contributed by atoms with E-state index >= 15 is 0 Å². The van der Waals surface area contributed by atoms with Crippen molar-refractivity contribution in [2.24, 2.45) is 0 Å². The number of aryl methyl sites for hydroxylation is 5. The smallest absolute Gasteiger partial charge is 0.134 e. The molecule has 0 saturated heterocycles. The second-order valence-electron chi connectivity index (χ2n) is 10.0. The lowest BCUT2D eigenvalue weighted by atomic mass is 9.98. The van der Waals surface area contributed by atoms with Crippen LogP contribution in [0.3, 0.4) is 0 Å². The van der Waals surface area contributed by atoms with E-state index in [1.165, 1.54) is 11.1 Å². The Balaban J connectivity index is 1.22. The largest absolute Gasteiger partial charge is 0.494 e. The van der Waals surface area contributed by atoms with Gasteiger partial charge >= 0.3 is 0 Å². The molecule has 4 rings (SSSR count). The molecule has 2 heterocycles. The molecule has 2 aromatic heterocycles. The summed E-state index contributed by atoms with van der Waals surface area (Å²) in [5, 5.41) is 7.95. The lowest BCUT2D eigenvalue weighted by molar-refractivity contribution is 0.0985. The summed E-state index contributed by atoms with van der Waals surface area (Å²) in [5.41, 5.74) is 6.28. The van der Waals surface area contributed by atoms with E-state index in [2.05, 4.69) is 48.4 Å². The molecule has 0 aliphatic heterocycles. The number of benzene rings is 2. The third kappa shape index (κ3) is 9.24. The van der Waals surface area contributed by atoms with Crippen molar-refractivity contribution < 1.29 is 28.0 Å². The summed E-state index contributed by atoms with van der Waals surface area (Å²) in [6, 6.07) is 16.3. The quantitative estimate of drug-likeness (QED) is 0.131. The van der Waals surface area contributed by atoms with E-state index in [0.29, 0.717) is 39.6 Å². The molecule has 0 aliphatic carbocycles. The number of rotatable bonds is 17. The fourth-order valence-electron chi connectivity index (χ4n) is 4.32.